The van der Waals surface area contributed by atoms with Gasteiger partial charge in [0.05, 0.1) is 12.1 Å². The third kappa shape index (κ3) is 6.09. The Morgan fingerprint density at radius 1 is 1.37 bits per heavy atom. The smallest absolute Gasteiger partial charge is 0.411 e. The summed E-state index contributed by atoms with van der Waals surface area (Å²) in [6.45, 7) is 10.3. The maximum atomic E-state index is 12.9. The van der Waals surface area contributed by atoms with E-state index >= 15 is 0 Å². The Kier molecular flexibility index (Phi) is 8.01. The molecule has 150 valence electrons. The fourth-order valence-electron chi connectivity index (χ4n) is 3.43. The SMILES string of the molecule is C/C=C\C1C[C@H](C#N)N(C(=O)OC(C)(C)C)[C@H]1[C@@H](NC(C)=O)C(=O)CCC. The van der Waals surface area contributed by atoms with E-state index in [2.05, 4.69) is 11.4 Å². The van der Waals surface area contributed by atoms with Gasteiger partial charge in [0.15, 0.2) is 5.78 Å². The molecule has 1 aliphatic heterocycles. The molecule has 1 aliphatic rings. The van der Waals surface area contributed by atoms with Crippen molar-refractivity contribution in [3.8, 4) is 6.07 Å². The summed E-state index contributed by atoms with van der Waals surface area (Å²) < 4.78 is 5.49. The summed E-state index contributed by atoms with van der Waals surface area (Å²) in [6.07, 6.45) is 4.37. The fourth-order valence-corrected chi connectivity index (χ4v) is 3.43. The number of hydrogen-bond donors (Lipinski definition) is 1. The molecule has 0 aliphatic carbocycles. The van der Waals surface area contributed by atoms with E-state index < -0.39 is 29.8 Å². The Morgan fingerprint density at radius 2 is 2.00 bits per heavy atom. The average Bonchev–Trinajstić information content (AvgIpc) is 2.89. The van der Waals surface area contributed by atoms with Crippen LogP contribution in [0.5, 0.6) is 0 Å². The van der Waals surface area contributed by atoms with Crippen LogP contribution in [0, 0.1) is 17.2 Å². The number of nitriles is 1. The van der Waals surface area contributed by atoms with E-state index in [1.54, 1.807) is 20.8 Å². The first-order valence-electron chi connectivity index (χ1n) is 9.39. The number of Topliss-reactive ketones (excluding diaryl/α,β-unsaturated/α-hetero) is 1. The molecule has 1 N–H and O–H groups in total. The summed E-state index contributed by atoms with van der Waals surface area (Å²) in [5.41, 5.74) is -0.739. The summed E-state index contributed by atoms with van der Waals surface area (Å²) in [5.74, 6) is -0.739. The van der Waals surface area contributed by atoms with Crippen molar-refractivity contribution in [1.29, 1.82) is 5.26 Å². The first-order valence-corrected chi connectivity index (χ1v) is 9.39. The molecule has 0 aromatic heterocycles. The van der Waals surface area contributed by atoms with E-state index in [4.69, 9.17) is 4.74 Å². The van der Waals surface area contributed by atoms with Crippen molar-refractivity contribution in [3.63, 3.8) is 0 Å². The van der Waals surface area contributed by atoms with E-state index in [1.807, 2.05) is 26.0 Å². The third-order valence-electron chi connectivity index (χ3n) is 4.33. The van der Waals surface area contributed by atoms with Crippen LogP contribution >= 0.6 is 0 Å². The monoisotopic (exact) mass is 377 g/mol. The molecule has 0 spiro atoms. The number of nitrogens with zero attached hydrogens (tertiary/aromatic N) is 2. The van der Waals surface area contributed by atoms with Crippen molar-refractivity contribution in [2.75, 3.05) is 0 Å². The lowest BCUT2D eigenvalue weighted by Gasteiger charge is -2.35. The predicted molar refractivity (Wildman–Crippen MR) is 102 cm³/mol. The van der Waals surface area contributed by atoms with Crippen LogP contribution in [0.1, 0.15) is 60.8 Å². The van der Waals surface area contributed by atoms with Crippen LogP contribution in [0.25, 0.3) is 0 Å². The quantitative estimate of drug-likeness (QED) is 0.717. The van der Waals surface area contributed by atoms with Gasteiger partial charge >= 0.3 is 6.09 Å². The van der Waals surface area contributed by atoms with Crippen molar-refractivity contribution in [1.82, 2.24) is 10.2 Å². The van der Waals surface area contributed by atoms with Gasteiger partial charge in [-0.1, -0.05) is 19.1 Å². The molecule has 2 amide bonds. The number of ether oxygens (including phenoxy) is 1. The van der Waals surface area contributed by atoms with Crippen LogP contribution in [0.4, 0.5) is 4.79 Å². The number of carbonyl (C=O) groups excluding carboxylic acids is 3. The van der Waals surface area contributed by atoms with Gasteiger partial charge in [-0.15, -0.1) is 0 Å². The first kappa shape index (κ1) is 22.7. The highest BCUT2D eigenvalue weighted by Gasteiger charge is 2.50. The Labute approximate surface area is 161 Å². The topological polar surface area (TPSA) is 99.5 Å². The number of rotatable bonds is 6. The van der Waals surface area contributed by atoms with Gasteiger partial charge in [-0.05, 0) is 40.5 Å². The minimum Gasteiger partial charge on any atom is -0.444 e. The van der Waals surface area contributed by atoms with Gasteiger partial charge < -0.3 is 10.1 Å². The van der Waals surface area contributed by atoms with E-state index in [0.717, 1.165) is 0 Å². The van der Waals surface area contributed by atoms with Crippen molar-refractivity contribution >= 4 is 17.8 Å². The van der Waals surface area contributed by atoms with Crippen molar-refractivity contribution in [2.24, 2.45) is 5.92 Å². The number of likely N-dealkylation sites (tertiary alicyclic amines) is 1. The first-order chi connectivity index (χ1) is 12.6. The average molecular weight is 377 g/mol. The van der Waals surface area contributed by atoms with Crippen molar-refractivity contribution in [3.05, 3.63) is 12.2 Å². The summed E-state index contributed by atoms with van der Waals surface area (Å²) in [6, 6.07) is -0.123. The molecule has 0 saturated carbocycles. The molecule has 0 radical (unpaired) electrons. The Morgan fingerprint density at radius 3 is 2.44 bits per heavy atom. The van der Waals surface area contributed by atoms with Gasteiger partial charge in [-0.2, -0.15) is 5.26 Å². The van der Waals surface area contributed by atoms with Gasteiger partial charge in [0.1, 0.15) is 17.7 Å². The normalized spacial score (nSPS) is 23.7. The van der Waals surface area contributed by atoms with Gasteiger partial charge in [-0.25, -0.2) is 4.79 Å². The molecule has 27 heavy (non-hydrogen) atoms. The molecular formula is C20H31N3O4. The van der Waals surface area contributed by atoms with Gasteiger partial charge in [0.2, 0.25) is 5.91 Å². The van der Waals surface area contributed by atoms with Gasteiger partial charge in [-0.3, -0.25) is 14.5 Å². The zero-order valence-corrected chi connectivity index (χ0v) is 17.1. The largest absolute Gasteiger partial charge is 0.444 e. The number of hydrogen-bond acceptors (Lipinski definition) is 5. The molecule has 1 unspecified atom stereocenters. The Bertz CT molecular complexity index is 630. The van der Waals surface area contributed by atoms with Crippen LogP contribution in [-0.2, 0) is 14.3 Å². The zero-order valence-electron chi connectivity index (χ0n) is 17.1. The second-order valence-electron chi connectivity index (χ2n) is 7.84. The van der Waals surface area contributed by atoms with Crippen molar-refractivity contribution in [2.45, 2.75) is 84.5 Å². The van der Waals surface area contributed by atoms with Crippen LogP contribution in [0.2, 0.25) is 0 Å². The van der Waals surface area contributed by atoms with E-state index in [-0.39, 0.29) is 24.0 Å². The lowest BCUT2D eigenvalue weighted by molar-refractivity contribution is -0.128. The molecular weight excluding hydrogens is 346 g/mol. The number of ketones is 1. The van der Waals surface area contributed by atoms with E-state index in [9.17, 15) is 19.6 Å². The zero-order chi connectivity index (χ0) is 20.8. The lowest BCUT2D eigenvalue weighted by Crippen LogP contribution is -2.58. The summed E-state index contributed by atoms with van der Waals surface area (Å²) in [5, 5.41) is 12.3. The third-order valence-corrected chi connectivity index (χ3v) is 4.33. The molecule has 4 atom stereocenters. The molecule has 7 nitrogen and oxygen atoms in total. The molecule has 1 fully saturated rings. The molecule has 1 saturated heterocycles. The summed E-state index contributed by atoms with van der Waals surface area (Å²) in [4.78, 5) is 38.7. The van der Waals surface area contributed by atoms with Crippen LogP contribution in [0.15, 0.2) is 12.2 Å². The summed E-state index contributed by atoms with van der Waals surface area (Å²) in [7, 11) is 0. The van der Waals surface area contributed by atoms with Crippen LogP contribution in [0.3, 0.4) is 0 Å². The Balaban J connectivity index is 3.39. The second-order valence-corrected chi connectivity index (χ2v) is 7.84. The number of nitrogens with one attached hydrogen (secondary N) is 1. The molecule has 0 aromatic carbocycles. The van der Waals surface area contributed by atoms with E-state index in [1.165, 1.54) is 11.8 Å². The van der Waals surface area contributed by atoms with Crippen LogP contribution in [-0.4, -0.2) is 46.4 Å². The maximum Gasteiger partial charge on any atom is 0.411 e. The Hall–Kier alpha value is -2.36. The minimum atomic E-state index is -0.880. The number of allylic oxidation sites excluding steroid dienone is 1. The molecule has 1 heterocycles. The highest BCUT2D eigenvalue weighted by molar-refractivity contribution is 5.90. The maximum absolute atomic E-state index is 12.9. The fraction of sp³-hybridized carbons (Fsp3) is 0.700. The minimum absolute atomic E-state index is 0.153. The number of carbonyl (C=O) groups is 3. The molecule has 0 bridgehead atoms. The van der Waals surface area contributed by atoms with E-state index in [0.29, 0.717) is 12.8 Å². The highest BCUT2D eigenvalue weighted by atomic mass is 16.6. The molecule has 1 rings (SSSR count). The van der Waals surface area contributed by atoms with Gasteiger partial charge in [0, 0.05) is 19.3 Å². The lowest BCUT2D eigenvalue weighted by atomic mass is 9.89. The molecule has 7 heteroatoms. The highest BCUT2D eigenvalue weighted by Crippen LogP contribution is 2.35. The standard InChI is InChI=1S/C20H31N3O4/c1-7-9-14-11-15(12-21)23(19(26)27-20(4,5)6)18(14)17(22-13(3)24)16(25)10-8-2/h7,9,14-15,17-18H,8,10-11H2,1-6H3,(H,22,24)/b9-7-/t14?,15-,17+,18-/m1/s1. The predicted octanol–water partition coefficient (Wildman–Crippen LogP) is 2.95. The van der Waals surface area contributed by atoms with Gasteiger partial charge in [0.25, 0.3) is 0 Å². The summed E-state index contributed by atoms with van der Waals surface area (Å²) >= 11 is 0. The second kappa shape index (κ2) is 9.54. The number of amides is 2. The molecule has 0 aromatic rings. The van der Waals surface area contributed by atoms with Crippen molar-refractivity contribution < 1.29 is 19.1 Å². The van der Waals surface area contributed by atoms with Crippen LogP contribution < -0.4 is 5.32 Å².